The highest BCUT2D eigenvalue weighted by Crippen LogP contribution is 2.29. The molecule has 1 amide bonds. The fourth-order valence-corrected chi connectivity index (χ4v) is 3.20. The summed E-state index contributed by atoms with van der Waals surface area (Å²) in [4.78, 5) is 33.5. The van der Waals surface area contributed by atoms with E-state index in [1.165, 1.54) is 12.3 Å². The molecule has 0 saturated carbocycles. The van der Waals surface area contributed by atoms with Crippen LogP contribution in [0.1, 0.15) is 18.4 Å². The molecule has 8 heteroatoms. The molecule has 3 heterocycles. The number of aromatic hydroxyl groups is 1. The third-order valence-corrected chi connectivity index (χ3v) is 4.48. The Labute approximate surface area is 148 Å². The number of hydrogen-bond donors (Lipinski definition) is 2. The molecule has 8 nitrogen and oxygen atoms in total. The number of carbonyl (C=O) groups excluding carboxylic acids is 1. The molecule has 2 N–H and O–H groups in total. The van der Waals surface area contributed by atoms with Gasteiger partial charge in [-0.2, -0.15) is 0 Å². The monoisotopic (exact) mass is 352 g/mol. The molecule has 0 radical (unpaired) electrons. The third kappa shape index (κ3) is 2.65. The van der Waals surface area contributed by atoms with Crippen molar-refractivity contribution in [3.63, 3.8) is 0 Å². The Morgan fingerprint density at radius 3 is 2.81 bits per heavy atom. The lowest BCUT2D eigenvalue weighted by molar-refractivity contribution is -0.128. The minimum atomic E-state index is -1.20. The number of nitrogens with zero attached hydrogens (tertiary/aromatic N) is 4. The maximum atomic E-state index is 11.8. The van der Waals surface area contributed by atoms with E-state index in [1.54, 1.807) is 29.2 Å². The minimum absolute atomic E-state index is 0.000783. The van der Waals surface area contributed by atoms with Crippen LogP contribution in [0.5, 0.6) is 5.75 Å². The first-order valence-corrected chi connectivity index (χ1v) is 8.21. The van der Waals surface area contributed by atoms with Crippen molar-refractivity contribution in [2.45, 2.75) is 19.4 Å². The van der Waals surface area contributed by atoms with Gasteiger partial charge < -0.3 is 15.1 Å². The number of phenols is 1. The van der Waals surface area contributed by atoms with Crippen molar-refractivity contribution < 1.29 is 19.8 Å². The van der Waals surface area contributed by atoms with Crippen LogP contribution in [0.3, 0.4) is 0 Å². The van der Waals surface area contributed by atoms with Gasteiger partial charge in [0.15, 0.2) is 11.5 Å². The van der Waals surface area contributed by atoms with Crippen molar-refractivity contribution in [1.82, 2.24) is 19.4 Å². The van der Waals surface area contributed by atoms with Crippen molar-refractivity contribution in [2.24, 2.45) is 0 Å². The average molecular weight is 352 g/mol. The molecule has 132 valence electrons. The first-order chi connectivity index (χ1) is 12.5. The zero-order valence-corrected chi connectivity index (χ0v) is 13.8. The van der Waals surface area contributed by atoms with Crippen LogP contribution < -0.4 is 0 Å². The van der Waals surface area contributed by atoms with E-state index >= 15 is 0 Å². The van der Waals surface area contributed by atoms with Gasteiger partial charge in [0.05, 0.1) is 0 Å². The highest BCUT2D eigenvalue weighted by molar-refractivity contribution is 5.89. The molecule has 4 rings (SSSR count). The number of pyridine rings is 1. The van der Waals surface area contributed by atoms with E-state index in [0.29, 0.717) is 36.2 Å². The Morgan fingerprint density at radius 2 is 2.12 bits per heavy atom. The topological polar surface area (TPSA) is 109 Å². The molecule has 0 atom stereocenters. The first kappa shape index (κ1) is 16.1. The van der Waals surface area contributed by atoms with E-state index in [1.807, 2.05) is 0 Å². The Bertz CT molecular complexity index is 1030. The fraction of sp³-hybridized carbons (Fsp3) is 0.222. The summed E-state index contributed by atoms with van der Waals surface area (Å²) >= 11 is 0. The van der Waals surface area contributed by atoms with Crippen molar-refractivity contribution in [3.05, 3.63) is 42.1 Å². The van der Waals surface area contributed by atoms with E-state index in [-0.39, 0.29) is 23.1 Å². The molecule has 26 heavy (non-hydrogen) atoms. The van der Waals surface area contributed by atoms with Gasteiger partial charge in [-0.1, -0.05) is 12.1 Å². The maximum Gasteiger partial charge on any atom is 0.419 e. The molecular formula is C18H16N4O4. The van der Waals surface area contributed by atoms with Gasteiger partial charge in [0.25, 0.3) is 0 Å². The number of imidazole rings is 1. The van der Waals surface area contributed by atoms with Crippen molar-refractivity contribution >= 4 is 23.2 Å². The van der Waals surface area contributed by atoms with Crippen LogP contribution >= 0.6 is 0 Å². The lowest BCUT2D eigenvalue weighted by atomic mass is 10.1. The van der Waals surface area contributed by atoms with Gasteiger partial charge in [-0.3, -0.25) is 4.79 Å². The standard InChI is InChI=1S/C18H16N4O4/c23-14-9-11(5-6-12(14)10-21-8-2-4-15(21)24)16-20-13-3-1-7-19-17(13)22(16)18(25)26/h1,3,5-7,9,23H,2,4,8,10H2,(H,25,26). The number of hydrogen-bond acceptors (Lipinski definition) is 5. The summed E-state index contributed by atoms with van der Waals surface area (Å²) in [6.07, 6.45) is 1.66. The van der Waals surface area contributed by atoms with Crippen LogP contribution in [0.25, 0.3) is 22.6 Å². The van der Waals surface area contributed by atoms with Gasteiger partial charge in [-0.25, -0.2) is 19.3 Å². The molecule has 1 aliphatic rings. The largest absolute Gasteiger partial charge is 0.508 e. The van der Waals surface area contributed by atoms with Crippen molar-refractivity contribution in [1.29, 1.82) is 0 Å². The predicted octanol–water partition coefficient (Wildman–Crippen LogP) is 2.45. The number of aromatic nitrogens is 3. The summed E-state index contributed by atoms with van der Waals surface area (Å²) in [5, 5.41) is 19.9. The van der Waals surface area contributed by atoms with Crippen molar-refractivity contribution in [3.8, 4) is 17.1 Å². The van der Waals surface area contributed by atoms with E-state index < -0.39 is 6.09 Å². The van der Waals surface area contributed by atoms with Gasteiger partial charge in [0, 0.05) is 36.8 Å². The number of carboxylic acid groups (broad SMARTS) is 1. The molecule has 1 aromatic carbocycles. The van der Waals surface area contributed by atoms with Crippen LogP contribution in [-0.2, 0) is 11.3 Å². The predicted molar refractivity (Wildman–Crippen MR) is 92.7 cm³/mol. The summed E-state index contributed by atoms with van der Waals surface area (Å²) in [5.41, 5.74) is 1.76. The lowest BCUT2D eigenvalue weighted by Crippen LogP contribution is -2.23. The van der Waals surface area contributed by atoms with Gasteiger partial charge in [0.2, 0.25) is 5.91 Å². The van der Waals surface area contributed by atoms with Crippen LogP contribution in [0, 0.1) is 0 Å². The second kappa shape index (κ2) is 6.14. The summed E-state index contributed by atoms with van der Waals surface area (Å²) in [6.45, 7) is 1.02. The second-order valence-electron chi connectivity index (χ2n) is 6.16. The molecule has 0 bridgehead atoms. The van der Waals surface area contributed by atoms with E-state index in [0.717, 1.165) is 11.0 Å². The normalized spacial score (nSPS) is 14.3. The van der Waals surface area contributed by atoms with Gasteiger partial charge in [0.1, 0.15) is 11.3 Å². The Kier molecular flexibility index (Phi) is 3.80. The third-order valence-electron chi connectivity index (χ3n) is 4.48. The number of fused-ring (bicyclic) bond motifs is 1. The van der Waals surface area contributed by atoms with E-state index in [4.69, 9.17) is 0 Å². The molecular weight excluding hydrogens is 336 g/mol. The number of amides is 1. The molecule has 1 saturated heterocycles. The first-order valence-electron chi connectivity index (χ1n) is 8.21. The van der Waals surface area contributed by atoms with Crippen LogP contribution in [0.2, 0.25) is 0 Å². The summed E-state index contributed by atoms with van der Waals surface area (Å²) in [6, 6.07) is 8.21. The number of phenolic OH excluding ortho intramolecular Hbond substituents is 1. The summed E-state index contributed by atoms with van der Waals surface area (Å²) < 4.78 is 0.994. The highest BCUT2D eigenvalue weighted by Gasteiger charge is 2.22. The molecule has 2 aromatic heterocycles. The number of likely N-dealkylation sites (tertiary alicyclic amines) is 1. The SMILES string of the molecule is O=C1CCCN1Cc1ccc(-c2nc3cccnc3n2C(=O)O)cc1O. The number of rotatable bonds is 3. The molecule has 0 aliphatic carbocycles. The van der Waals surface area contributed by atoms with Gasteiger partial charge in [-0.05, 0) is 24.6 Å². The molecule has 1 aliphatic heterocycles. The Balaban J connectivity index is 1.74. The Hall–Kier alpha value is -3.42. The van der Waals surface area contributed by atoms with Crippen LogP contribution in [-0.4, -0.2) is 48.2 Å². The second-order valence-corrected chi connectivity index (χ2v) is 6.16. The molecule has 1 fully saturated rings. The quantitative estimate of drug-likeness (QED) is 0.749. The zero-order valence-electron chi connectivity index (χ0n) is 13.8. The lowest BCUT2D eigenvalue weighted by Gasteiger charge is -2.16. The highest BCUT2D eigenvalue weighted by atomic mass is 16.4. The van der Waals surface area contributed by atoms with E-state index in [2.05, 4.69) is 9.97 Å². The Morgan fingerprint density at radius 1 is 1.27 bits per heavy atom. The molecule has 3 aromatic rings. The smallest absolute Gasteiger partial charge is 0.419 e. The molecule has 0 unspecified atom stereocenters. The molecule has 0 spiro atoms. The number of carbonyl (C=O) groups is 2. The zero-order chi connectivity index (χ0) is 18.3. The minimum Gasteiger partial charge on any atom is -0.508 e. The van der Waals surface area contributed by atoms with Gasteiger partial charge >= 0.3 is 6.09 Å². The average Bonchev–Trinajstić information content (AvgIpc) is 3.20. The van der Waals surface area contributed by atoms with Crippen molar-refractivity contribution in [2.75, 3.05) is 6.54 Å². The number of benzene rings is 1. The van der Waals surface area contributed by atoms with Gasteiger partial charge in [-0.15, -0.1) is 0 Å². The van der Waals surface area contributed by atoms with Crippen LogP contribution in [0.4, 0.5) is 4.79 Å². The van der Waals surface area contributed by atoms with E-state index in [9.17, 15) is 19.8 Å². The van der Waals surface area contributed by atoms with Crippen LogP contribution in [0.15, 0.2) is 36.5 Å². The fourth-order valence-electron chi connectivity index (χ4n) is 3.20. The summed E-state index contributed by atoms with van der Waals surface area (Å²) in [7, 11) is 0. The summed E-state index contributed by atoms with van der Waals surface area (Å²) in [5.74, 6) is 0.261. The maximum absolute atomic E-state index is 11.8.